The zero-order chi connectivity index (χ0) is 13.0. The van der Waals surface area contributed by atoms with Crippen LogP contribution in [0, 0.1) is 0 Å². The lowest BCUT2D eigenvalue weighted by Crippen LogP contribution is -2.11. The summed E-state index contributed by atoms with van der Waals surface area (Å²) in [7, 11) is 0. The molecule has 0 heterocycles. The molecule has 1 amide bonds. The summed E-state index contributed by atoms with van der Waals surface area (Å²) in [5.74, 6) is -0.318. The molecular weight excluding hydrogens is 236 g/mol. The van der Waals surface area contributed by atoms with Crippen molar-refractivity contribution in [2.75, 3.05) is 5.32 Å². The minimum atomic E-state index is -2.52. The third-order valence-corrected chi connectivity index (χ3v) is 2.46. The molecule has 4 heteroatoms. The number of para-hydroxylation sites is 1. The Morgan fingerprint density at radius 2 is 1.56 bits per heavy atom. The normalized spacial score (nSPS) is 10.4. The molecule has 0 aliphatic rings. The van der Waals surface area contributed by atoms with E-state index < -0.39 is 6.43 Å². The van der Waals surface area contributed by atoms with Gasteiger partial charge in [0.2, 0.25) is 0 Å². The molecule has 2 aromatic carbocycles. The summed E-state index contributed by atoms with van der Waals surface area (Å²) in [6.45, 7) is 0. The molecule has 18 heavy (non-hydrogen) atoms. The first kappa shape index (κ1) is 12.2. The van der Waals surface area contributed by atoms with Crippen molar-refractivity contribution in [2.45, 2.75) is 6.43 Å². The Hall–Kier alpha value is -2.23. The molecule has 0 aromatic heterocycles. The largest absolute Gasteiger partial charge is 0.322 e. The minimum absolute atomic E-state index is 0.0914. The van der Waals surface area contributed by atoms with E-state index in [1.165, 1.54) is 24.3 Å². The van der Waals surface area contributed by atoms with Crippen molar-refractivity contribution in [2.24, 2.45) is 0 Å². The molecule has 2 aromatic rings. The Balaban J connectivity index is 2.10. The molecule has 0 saturated heterocycles. The van der Waals surface area contributed by atoms with Gasteiger partial charge in [-0.05, 0) is 24.3 Å². The lowest BCUT2D eigenvalue weighted by atomic mass is 10.1. The summed E-state index contributed by atoms with van der Waals surface area (Å²) >= 11 is 0. The summed E-state index contributed by atoms with van der Waals surface area (Å²) in [6.07, 6.45) is -2.52. The first-order valence-electron chi connectivity index (χ1n) is 5.41. The van der Waals surface area contributed by atoms with Crippen LogP contribution in [0.25, 0.3) is 0 Å². The first-order chi connectivity index (χ1) is 8.66. The second-order valence-electron chi connectivity index (χ2n) is 3.74. The van der Waals surface area contributed by atoms with Crippen LogP contribution in [-0.4, -0.2) is 5.91 Å². The fraction of sp³-hybridized carbons (Fsp3) is 0.0714. The van der Waals surface area contributed by atoms with Gasteiger partial charge in [0.05, 0.1) is 0 Å². The second-order valence-corrected chi connectivity index (χ2v) is 3.74. The minimum Gasteiger partial charge on any atom is -0.322 e. The van der Waals surface area contributed by atoms with Crippen LogP contribution in [0.3, 0.4) is 0 Å². The van der Waals surface area contributed by atoms with Gasteiger partial charge in [-0.15, -0.1) is 0 Å². The highest BCUT2D eigenvalue weighted by atomic mass is 19.3. The molecule has 2 nitrogen and oxygen atoms in total. The lowest BCUT2D eigenvalue weighted by molar-refractivity contribution is 0.102. The lowest BCUT2D eigenvalue weighted by Gasteiger charge is -2.05. The molecule has 0 spiro atoms. The molecule has 1 N–H and O–H groups in total. The molecule has 0 aliphatic heterocycles. The van der Waals surface area contributed by atoms with E-state index in [9.17, 15) is 13.6 Å². The van der Waals surface area contributed by atoms with Gasteiger partial charge in [-0.1, -0.05) is 30.3 Å². The highest BCUT2D eigenvalue weighted by Crippen LogP contribution is 2.19. The predicted octanol–water partition coefficient (Wildman–Crippen LogP) is 3.88. The number of amides is 1. The van der Waals surface area contributed by atoms with Crippen LogP contribution in [0.5, 0.6) is 0 Å². The Labute approximate surface area is 103 Å². The molecule has 92 valence electrons. The quantitative estimate of drug-likeness (QED) is 0.876. The van der Waals surface area contributed by atoms with E-state index in [2.05, 4.69) is 5.32 Å². The number of nitrogens with one attached hydrogen (secondary N) is 1. The summed E-state index contributed by atoms with van der Waals surface area (Å²) in [4.78, 5) is 11.8. The number of carbonyl (C=O) groups is 1. The summed E-state index contributed by atoms with van der Waals surface area (Å²) < 4.78 is 24.7. The third-order valence-electron chi connectivity index (χ3n) is 2.46. The summed E-state index contributed by atoms with van der Waals surface area (Å²) in [5, 5.41) is 2.68. The molecule has 0 fully saturated rings. The van der Waals surface area contributed by atoms with Crippen LogP contribution < -0.4 is 5.32 Å². The van der Waals surface area contributed by atoms with Gasteiger partial charge in [-0.3, -0.25) is 4.79 Å². The molecule has 2 rings (SSSR count). The maximum absolute atomic E-state index is 12.3. The van der Waals surface area contributed by atoms with Crippen molar-refractivity contribution in [3.8, 4) is 0 Å². The van der Waals surface area contributed by atoms with Gasteiger partial charge in [0.1, 0.15) is 0 Å². The first-order valence-corrected chi connectivity index (χ1v) is 5.41. The number of alkyl halides is 2. The van der Waals surface area contributed by atoms with Crippen molar-refractivity contribution in [3.63, 3.8) is 0 Å². The maximum Gasteiger partial charge on any atom is 0.263 e. The Bertz CT molecular complexity index is 523. The smallest absolute Gasteiger partial charge is 0.263 e. The van der Waals surface area contributed by atoms with Crippen LogP contribution in [0.1, 0.15) is 22.3 Å². The zero-order valence-electron chi connectivity index (χ0n) is 9.44. The van der Waals surface area contributed by atoms with Gasteiger partial charge in [0.15, 0.2) is 0 Å². The van der Waals surface area contributed by atoms with Crippen LogP contribution >= 0.6 is 0 Å². The number of carbonyl (C=O) groups excluding carboxylic acids is 1. The van der Waals surface area contributed by atoms with Crippen molar-refractivity contribution < 1.29 is 13.6 Å². The highest BCUT2D eigenvalue weighted by molar-refractivity contribution is 6.04. The van der Waals surface area contributed by atoms with Gasteiger partial charge in [0, 0.05) is 16.8 Å². The van der Waals surface area contributed by atoms with Gasteiger partial charge in [-0.25, -0.2) is 8.78 Å². The number of hydrogen-bond donors (Lipinski definition) is 1. The van der Waals surface area contributed by atoms with E-state index in [1.54, 1.807) is 24.3 Å². The van der Waals surface area contributed by atoms with Crippen molar-refractivity contribution in [1.82, 2.24) is 0 Å². The van der Waals surface area contributed by atoms with Gasteiger partial charge >= 0.3 is 0 Å². The fourth-order valence-corrected chi connectivity index (χ4v) is 1.50. The van der Waals surface area contributed by atoms with E-state index in [4.69, 9.17) is 0 Å². The molecule has 0 bridgehead atoms. The molecule has 0 saturated carbocycles. The van der Waals surface area contributed by atoms with Crippen LogP contribution in [-0.2, 0) is 0 Å². The molecule has 0 atom stereocenters. The number of anilines is 1. The predicted molar refractivity (Wildman–Crippen MR) is 65.8 cm³/mol. The fourth-order valence-electron chi connectivity index (χ4n) is 1.50. The van der Waals surface area contributed by atoms with Gasteiger partial charge in [0.25, 0.3) is 12.3 Å². The van der Waals surface area contributed by atoms with Crippen molar-refractivity contribution in [3.05, 3.63) is 65.7 Å². The van der Waals surface area contributed by atoms with E-state index in [1.807, 2.05) is 6.07 Å². The molecule has 0 radical (unpaired) electrons. The SMILES string of the molecule is O=C(Nc1ccccc1)c1ccc(C(F)F)cc1. The second kappa shape index (κ2) is 5.40. The summed E-state index contributed by atoms with van der Waals surface area (Å²) in [5.41, 5.74) is 0.926. The average molecular weight is 247 g/mol. The van der Waals surface area contributed by atoms with Gasteiger partial charge < -0.3 is 5.32 Å². The number of benzene rings is 2. The molecular formula is C14H11F2NO. The Kier molecular flexibility index (Phi) is 3.67. The maximum atomic E-state index is 12.3. The average Bonchev–Trinajstić information content (AvgIpc) is 2.40. The van der Waals surface area contributed by atoms with Crippen molar-refractivity contribution >= 4 is 11.6 Å². The van der Waals surface area contributed by atoms with E-state index in [0.717, 1.165) is 0 Å². The Morgan fingerprint density at radius 3 is 2.11 bits per heavy atom. The zero-order valence-corrected chi connectivity index (χ0v) is 9.44. The number of rotatable bonds is 3. The van der Waals surface area contributed by atoms with E-state index in [-0.39, 0.29) is 11.5 Å². The van der Waals surface area contributed by atoms with E-state index in [0.29, 0.717) is 11.3 Å². The topological polar surface area (TPSA) is 29.1 Å². The standard InChI is InChI=1S/C14H11F2NO/c15-13(16)10-6-8-11(9-7-10)14(18)17-12-4-2-1-3-5-12/h1-9,13H,(H,17,18). The van der Waals surface area contributed by atoms with Crippen LogP contribution in [0.4, 0.5) is 14.5 Å². The van der Waals surface area contributed by atoms with Gasteiger partial charge in [-0.2, -0.15) is 0 Å². The number of halogens is 2. The monoisotopic (exact) mass is 247 g/mol. The summed E-state index contributed by atoms with van der Waals surface area (Å²) in [6, 6.07) is 14.2. The van der Waals surface area contributed by atoms with Crippen molar-refractivity contribution in [1.29, 1.82) is 0 Å². The Morgan fingerprint density at radius 1 is 0.944 bits per heavy atom. The molecule has 0 aliphatic carbocycles. The third kappa shape index (κ3) is 2.91. The van der Waals surface area contributed by atoms with Crippen LogP contribution in [0.15, 0.2) is 54.6 Å². The highest BCUT2D eigenvalue weighted by Gasteiger charge is 2.09. The van der Waals surface area contributed by atoms with E-state index >= 15 is 0 Å². The number of hydrogen-bond acceptors (Lipinski definition) is 1. The molecule has 0 unspecified atom stereocenters. The van der Waals surface area contributed by atoms with Crippen LogP contribution in [0.2, 0.25) is 0 Å².